The number of hydrogen-bond donors (Lipinski definition) is 1. The lowest BCUT2D eigenvalue weighted by Crippen LogP contribution is -2.51. The van der Waals surface area contributed by atoms with Gasteiger partial charge in [-0.15, -0.1) is 0 Å². The highest BCUT2D eigenvalue weighted by Crippen LogP contribution is 2.21. The molecule has 0 aromatic heterocycles. The van der Waals surface area contributed by atoms with Gasteiger partial charge in [-0.2, -0.15) is 0 Å². The fourth-order valence-corrected chi connectivity index (χ4v) is 4.39. The summed E-state index contributed by atoms with van der Waals surface area (Å²) in [6, 6.07) is 13.3. The summed E-state index contributed by atoms with van der Waals surface area (Å²) in [7, 11) is 0. The first-order valence-electron chi connectivity index (χ1n) is 11.4. The van der Waals surface area contributed by atoms with E-state index in [1.54, 1.807) is 11.8 Å². The monoisotopic (exact) mass is 500 g/mol. The van der Waals surface area contributed by atoms with E-state index in [1.165, 1.54) is 6.42 Å². The van der Waals surface area contributed by atoms with Gasteiger partial charge < -0.3 is 15.0 Å². The lowest BCUT2D eigenvalue weighted by molar-refractivity contribution is -0.142. The molecule has 1 aliphatic carbocycles. The zero-order valence-electron chi connectivity index (χ0n) is 19.2. The van der Waals surface area contributed by atoms with E-state index in [0.29, 0.717) is 12.3 Å². The molecule has 32 heavy (non-hydrogen) atoms. The molecule has 0 heterocycles. The van der Waals surface area contributed by atoms with Crippen molar-refractivity contribution < 1.29 is 14.3 Å². The molecule has 1 unspecified atom stereocenters. The van der Waals surface area contributed by atoms with Crippen LogP contribution in [0.25, 0.3) is 0 Å². The van der Waals surface area contributed by atoms with E-state index in [-0.39, 0.29) is 24.5 Å². The number of carbonyl (C=O) groups is 2. The van der Waals surface area contributed by atoms with Crippen LogP contribution in [-0.2, 0) is 16.1 Å². The number of hydrogen-bond acceptors (Lipinski definition) is 3. The smallest absolute Gasteiger partial charge is 0.261 e. The zero-order valence-corrected chi connectivity index (χ0v) is 20.8. The lowest BCUT2D eigenvalue weighted by atomic mass is 9.95. The number of benzene rings is 2. The molecule has 0 aliphatic heterocycles. The van der Waals surface area contributed by atoms with Crippen molar-refractivity contribution in [3.05, 3.63) is 63.6 Å². The summed E-state index contributed by atoms with van der Waals surface area (Å²) in [6.45, 7) is 6.02. The SMILES string of the molecule is Cc1ccc(OCC(=O)N(Cc2ccc(Br)cc2)C(C)C(=O)NC2CCCCC2)c(C)c1. The van der Waals surface area contributed by atoms with Crippen molar-refractivity contribution in [2.45, 2.75) is 71.5 Å². The van der Waals surface area contributed by atoms with E-state index in [4.69, 9.17) is 4.74 Å². The molecule has 1 N–H and O–H groups in total. The number of amides is 2. The van der Waals surface area contributed by atoms with Crippen LogP contribution in [-0.4, -0.2) is 35.4 Å². The highest BCUT2D eigenvalue weighted by atomic mass is 79.9. The van der Waals surface area contributed by atoms with E-state index in [1.807, 2.05) is 56.3 Å². The van der Waals surface area contributed by atoms with Crippen molar-refractivity contribution in [2.75, 3.05) is 6.61 Å². The van der Waals surface area contributed by atoms with Gasteiger partial charge in [0.05, 0.1) is 0 Å². The largest absolute Gasteiger partial charge is 0.483 e. The van der Waals surface area contributed by atoms with Crippen molar-refractivity contribution >= 4 is 27.7 Å². The van der Waals surface area contributed by atoms with Gasteiger partial charge in [0, 0.05) is 17.1 Å². The number of rotatable bonds is 8. The van der Waals surface area contributed by atoms with Crippen molar-refractivity contribution in [1.82, 2.24) is 10.2 Å². The van der Waals surface area contributed by atoms with Crippen LogP contribution >= 0.6 is 15.9 Å². The Morgan fingerprint density at radius 3 is 2.44 bits per heavy atom. The highest BCUT2D eigenvalue weighted by Gasteiger charge is 2.28. The predicted octanol–water partition coefficient (Wildman–Crippen LogP) is 5.31. The van der Waals surface area contributed by atoms with Crippen molar-refractivity contribution in [1.29, 1.82) is 0 Å². The first kappa shape index (κ1) is 24.3. The van der Waals surface area contributed by atoms with Crippen LogP contribution in [0.3, 0.4) is 0 Å². The Kier molecular flexibility index (Phi) is 8.74. The Balaban J connectivity index is 1.71. The predicted molar refractivity (Wildman–Crippen MR) is 131 cm³/mol. The van der Waals surface area contributed by atoms with Crippen LogP contribution < -0.4 is 10.1 Å². The van der Waals surface area contributed by atoms with Crippen LogP contribution in [0, 0.1) is 13.8 Å². The molecule has 1 aliphatic rings. The molecule has 0 spiro atoms. The average Bonchev–Trinajstić information content (AvgIpc) is 2.78. The summed E-state index contributed by atoms with van der Waals surface area (Å²) in [5, 5.41) is 3.16. The Bertz CT molecular complexity index is 923. The molecule has 0 radical (unpaired) electrons. The maximum absolute atomic E-state index is 13.2. The normalized spacial score (nSPS) is 15.1. The first-order valence-corrected chi connectivity index (χ1v) is 12.2. The van der Waals surface area contributed by atoms with Crippen molar-refractivity contribution in [2.24, 2.45) is 0 Å². The van der Waals surface area contributed by atoms with Crippen LogP contribution in [0.2, 0.25) is 0 Å². The molecule has 5 nitrogen and oxygen atoms in total. The summed E-state index contributed by atoms with van der Waals surface area (Å²) in [5.74, 6) is 0.375. The van der Waals surface area contributed by atoms with Crippen LogP contribution in [0.15, 0.2) is 46.9 Å². The van der Waals surface area contributed by atoms with Gasteiger partial charge in [-0.05, 0) is 62.9 Å². The molecule has 6 heteroatoms. The molecule has 0 saturated heterocycles. The van der Waals surface area contributed by atoms with E-state index in [9.17, 15) is 9.59 Å². The quantitative estimate of drug-likeness (QED) is 0.534. The van der Waals surface area contributed by atoms with Crippen LogP contribution in [0.1, 0.15) is 55.7 Å². The Morgan fingerprint density at radius 1 is 1.09 bits per heavy atom. The molecule has 2 amide bonds. The number of aryl methyl sites for hydroxylation is 2. The van der Waals surface area contributed by atoms with Gasteiger partial charge in [0.2, 0.25) is 5.91 Å². The second-order valence-electron chi connectivity index (χ2n) is 8.73. The van der Waals surface area contributed by atoms with Crippen molar-refractivity contribution in [3.8, 4) is 5.75 Å². The summed E-state index contributed by atoms with van der Waals surface area (Å²) >= 11 is 3.45. The van der Waals surface area contributed by atoms with Crippen LogP contribution in [0.4, 0.5) is 0 Å². The molecular weight excluding hydrogens is 468 g/mol. The van der Waals surface area contributed by atoms with E-state index in [0.717, 1.165) is 46.8 Å². The summed E-state index contributed by atoms with van der Waals surface area (Å²) < 4.78 is 6.81. The van der Waals surface area contributed by atoms with Crippen LogP contribution in [0.5, 0.6) is 5.75 Å². The lowest BCUT2D eigenvalue weighted by Gasteiger charge is -2.31. The standard InChI is InChI=1S/C26H33BrN2O3/c1-18-9-14-24(19(2)15-18)32-17-25(30)29(16-21-10-12-22(27)13-11-21)20(3)26(31)28-23-7-5-4-6-8-23/h9-15,20,23H,4-8,16-17H2,1-3H3,(H,28,31). The minimum absolute atomic E-state index is 0.103. The van der Waals surface area contributed by atoms with Gasteiger partial charge in [-0.25, -0.2) is 0 Å². The van der Waals surface area contributed by atoms with E-state index >= 15 is 0 Å². The average molecular weight is 501 g/mol. The molecule has 2 aromatic rings. The van der Waals surface area contributed by atoms with Gasteiger partial charge >= 0.3 is 0 Å². The molecule has 1 saturated carbocycles. The third-order valence-corrected chi connectivity index (χ3v) is 6.60. The zero-order chi connectivity index (χ0) is 23.1. The minimum Gasteiger partial charge on any atom is -0.483 e. The molecule has 1 fully saturated rings. The Labute approximate surface area is 199 Å². The molecule has 2 aromatic carbocycles. The first-order chi connectivity index (χ1) is 15.3. The van der Waals surface area contributed by atoms with Gasteiger partial charge in [0.25, 0.3) is 5.91 Å². The topological polar surface area (TPSA) is 58.6 Å². The second kappa shape index (κ2) is 11.5. The molecule has 1 atom stereocenters. The number of carbonyl (C=O) groups excluding carboxylic acids is 2. The maximum atomic E-state index is 13.2. The Morgan fingerprint density at radius 2 is 1.78 bits per heavy atom. The summed E-state index contributed by atoms with van der Waals surface area (Å²) in [5.41, 5.74) is 3.09. The highest BCUT2D eigenvalue weighted by molar-refractivity contribution is 9.10. The number of nitrogens with one attached hydrogen (secondary N) is 1. The Hall–Kier alpha value is -2.34. The fraction of sp³-hybridized carbons (Fsp3) is 0.462. The molecular formula is C26H33BrN2O3. The third-order valence-electron chi connectivity index (χ3n) is 6.07. The number of nitrogens with zero attached hydrogens (tertiary/aromatic N) is 1. The molecule has 0 bridgehead atoms. The second-order valence-corrected chi connectivity index (χ2v) is 9.64. The fourth-order valence-electron chi connectivity index (χ4n) is 4.12. The van der Waals surface area contributed by atoms with Gasteiger partial charge in [-0.1, -0.05) is 65.0 Å². The summed E-state index contributed by atoms with van der Waals surface area (Å²) in [6.07, 6.45) is 5.53. The van der Waals surface area contributed by atoms with Gasteiger partial charge in [0.1, 0.15) is 11.8 Å². The molecule has 3 rings (SSSR count). The van der Waals surface area contributed by atoms with E-state index < -0.39 is 6.04 Å². The number of halogens is 1. The summed E-state index contributed by atoms with van der Waals surface area (Å²) in [4.78, 5) is 27.8. The maximum Gasteiger partial charge on any atom is 0.261 e. The van der Waals surface area contributed by atoms with Gasteiger partial charge in [-0.3, -0.25) is 9.59 Å². The number of ether oxygens (including phenoxy) is 1. The van der Waals surface area contributed by atoms with Crippen molar-refractivity contribution in [3.63, 3.8) is 0 Å². The molecule has 172 valence electrons. The minimum atomic E-state index is -0.587. The third kappa shape index (κ3) is 6.83. The van der Waals surface area contributed by atoms with E-state index in [2.05, 4.69) is 21.2 Å². The van der Waals surface area contributed by atoms with Gasteiger partial charge in [0.15, 0.2) is 6.61 Å².